The molecule has 0 aliphatic heterocycles. The number of para-hydroxylation sites is 1. The number of carboxylic acids is 1. The lowest BCUT2D eigenvalue weighted by Gasteiger charge is -2.09. The monoisotopic (exact) mass is 324 g/mol. The fraction of sp³-hybridized carbons (Fsp3) is 0.176. The second kappa shape index (κ2) is 6.11. The van der Waals surface area contributed by atoms with Crippen LogP contribution >= 0.6 is 0 Å². The van der Waals surface area contributed by atoms with Crippen molar-refractivity contribution in [2.45, 2.75) is 19.9 Å². The number of carboxylic acid groups (broad SMARTS) is 1. The first-order chi connectivity index (χ1) is 11.5. The molecule has 2 heterocycles. The molecular weight excluding hydrogens is 308 g/mol. The van der Waals surface area contributed by atoms with Crippen LogP contribution in [0.3, 0.4) is 0 Å². The smallest absolute Gasteiger partial charge is 0.325 e. The van der Waals surface area contributed by atoms with Crippen LogP contribution < -0.4 is 5.32 Å². The standard InChI is InChI=1S/C17H16N4O3/c1-10(17(23)24)19-16(22)13-9-18-21(11(13)2)15-8-7-12-5-3-4-6-14(12)20-15/h3-10H,1-2H3,(H,19,22)(H,23,24). The molecule has 1 amide bonds. The zero-order valence-electron chi connectivity index (χ0n) is 13.2. The molecule has 0 saturated heterocycles. The number of nitrogens with zero attached hydrogens (tertiary/aromatic N) is 3. The van der Waals surface area contributed by atoms with E-state index in [-0.39, 0.29) is 0 Å². The maximum absolute atomic E-state index is 12.2. The van der Waals surface area contributed by atoms with Gasteiger partial charge in [0.25, 0.3) is 5.91 Å². The molecule has 2 N–H and O–H groups in total. The fourth-order valence-corrected chi connectivity index (χ4v) is 2.37. The van der Waals surface area contributed by atoms with Crippen molar-refractivity contribution in [2.24, 2.45) is 0 Å². The van der Waals surface area contributed by atoms with Crippen molar-refractivity contribution in [1.82, 2.24) is 20.1 Å². The summed E-state index contributed by atoms with van der Waals surface area (Å²) in [5.74, 6) is -0.976. The number of rotatable bonds is 4. The molecule has 0 bridgehead atoms. The minimum Gasteiger partial charge on any atom is -0.480 e. The third kappa shape index (κ3) is 2.83. The molecule has 3 rings (SSSR count). The average Bonchev–Trinajstić information content (AvgIpc) is 2.95. The Kier molecular flexibility index (Phi) is 3.99. The van der Waals surface area contributed by atoms with Crippen LogP contribution in [0.25, 0.3) is 16.7 Å². The number of carbonyl (C=O) groups is 2. The first-order valence-corrected chi connectivity index (χ1v) is 7.42. The van der Waals surface area contributed by atoms with E-state index >= 15 is 0 Å². The Labute approximate surface area is 137 Å². The van der Waals surface area contributed by atoms with E-state index in [1.54, 1.807) is 11.6 Å². The van der Waals surface area contributed by atoms with Crippen molar-refractivity contribution < 1.29 is 14.7 Å². The average molecular weight is 324 g/mol. The number of benzene rings is 1. The lowest BCUT2D eigenvalue weighted by Crippen LogP contribution is -2.38. The van der Waals surface area contributed by atoms with Gasteiger partial charge in [-0.2, -0.15) is 5.10 Å². The van der Waals surface area contributed by atoms with E-state index in [0.29, 0.717) is 17.1 Å². The summed E-state index contributed by atoms with van der Waals surface area (Å²) in [6, 6.07) is 10.5. The Morgan fingerprint density at radius 1 is 1.21 bits per heavy atom. The molecule has 0 fully saturated rings. The maximum atomic E-state index is 12.2. The molecule has 0 aliphatic carbocycles. The predicted octanol–water partition coefficient (Wildman–Crippen LogP) is 1.93. The van der Waals surface area contributed by atoms with Gasteiger partial charge in [-0.15, -0.1) is 0 Å². The van der Waals surface area contributed by atoms with Crippen LogP contribution in [0.1, 0.15) is 23.0 Å². The molecule has 0 saturated carbocycles. The third-order valence-corrected chi connectivity index (χ3v) is 3.77. The predicted molar refractivity (Wildman–Crippen MR) is 88.2 cm³/mol. The number of hydrogen-bond acceptors (Lipinski definition) is 4. The highest BCUT2D eigenvalue weighted by Gasteiger charge is 2.20. The summed E-state index contributed by atoms with van der Waals surface area (Å²) in [7, 11) is 0. The summed E-state index contributed by atoms with van der Waals surface area (Å²) in [6.45, 7) is 3.15. The van der Waals surface area contributed by atoms with Crippen LogP contribution in [0.2, 0.25) is 0 Å². The lowest BCUT2D eigenvalue weighted by molar-refractivity contribution is -0.138. The fourth-order valence-electron chi connectivity index (χ4n) is 2.37. The molecular formula is C17H16N4O3. The number of aliphatic carboxylic acids is 1. The largest absolute Gasteiger partial charge is 0.480 e. The van der Waals surface area contributed by atoms with Crippen LogP contribution in [-0.2, 0) is 4.79 Å². The molecule has 0 aliphatic rings. The lowest BCUT2D eigenvalue weighted by atomic mass is 10.2. The van der Waals surface area contributed by atoms with E-state index in [1.807, 2.05) is 36.4 Å². The quantitative estimate of drug-likeness (QED) is 0.764. The third-order valence-electron chi connectivity index (χ3n) is 3.77. The van der Waals surface area contributed by atoms with Crippen LogP contribution in [0, 0.1) is 6.92 Å². The van der Waals surface area contributed by atoms with Crippen molar-refractivity contribution in [3.05, 3.63) is 53.9 Å². The number of fused-ring (bicyclic) bond motifs is 1. The molecule has 2 aromatic heterocycles. The van der Waals surface area contributed by atoms with Crippen molar-refractivity contribution in [3.63, 3.8) is 0 Å². The van der Waals surface area contributed by atoms with Crippen molar-refractivity contribution in [1.29, 1.82) is 0 Å². The first-order valence-electron chi connectivity index (χ1n) is 7.42. The number of amides is 1. The normalized spacial score (nSPS) is 12.1. The van der Waals surface area contributed by atoms with Crippen LogP contribution in [0.5, 0.6) is 0 Å². The summed E-state index contributed by atoms with van der Waals surface area (Å²) in [5, 5.41) is 16.5. The summed E-state index contributed by atoms with van der Waals surface area (Å²) in [6.07, 6.45) is 1.41. The highest BCUT2D eigenvalue weighted by Crippen LogP contribution is 2.17. The maximum Gasteiger partial charge on any atom is 0.325 e. The van der Waals surface area contributed by atoms with Crippen LogP contribution in [0.15, 0.2) is 42.6 Å². The molecule has 1 unspecified atom stereocenters. The molecule has 1 atom stereocenters. The zero-order valence-corrected chi connectivity index (χ0v) is 13.2. The van der Waals surface area contributed by atoms with E-state index in [0.717, 1.165) is 10.9 Å². The van der Waals surface area contributed by atoms with Gasteiger partial charge in [0.15, 0.2) is 5.82 Å². The zero-order chi connectivity index (χ0) is 17.3. The molecule has 24 heavy (non-hydrogen) atoms. The summed E-state index contributed by atoms with van der Waals surface area (Å²) >= 11 is 0. The van der Waals surface area contributed by atoms with Gasteiger partial charge in [0.05, 0.1) is 23.0 Å². The highest BCUT2D eigenvalue weighted by molar-refractivity contribution is 5.97. The molecule has 0 spiro atoms. The minimum atomic E-state index is -1.09. The van der Waals surface area contributed by atoms with E-state index in [9.17, 15) is 9.59 Å². The minimum absolute atomic E-state index is 0.318. The van der Waals surface area contributed by atoms with E-state index in [2.05, 4.69) is 15.4 Å². The molecule has 0 radical (unpaired) electrons. The molecule has 3 aromatic rings. The van der Waals surface area contributed by atoms with Crippen LogP contribution in [-0.4, -0.2) is 37.8 Å². The van der Waals surface area contributed by atoms with Gasteiger partial charge >= 0.3 is 5.97 Å². The molecule has 122 valence electrons. The number of hydrogen-bond donors (Lipinski definition) is 2. The molecule has 7 heteroatoms. The van der Waals surface area contributed by atoms with E-state index in [4.69, 9.17) is 5.11 Å². The number of pyridine rings is 1. The SMILES string of the molecule is Cc1c(C(=O)NC(C)C(=O)O)cnn1-c1ccc2ccccc2n1. The van der Waals surface area contributed by atoms with Gasteiger partial charge in [-0.1, -0.05) is 18.2 Å². The topological polar surface area (TPSA) is 97.1 Å². The Hall–Kier alpha value is -3.22. The van der Waals surface area contributed by atoms with Gasteiger partial charge < -0.3 is 10.4 Å². The van der Waals surface area contributed by atoms with Crippen LogP contribution in [0.4, 0.5) is 0 Å². The molecule has 7 nitrogen and oxygen atoms in total. The van der Waals surface area contributed by atoms with Gasteiger partial charge in [0, 0.05) is 5.39 Å². The summed E-state index contributed by atoms with van der Waals surface area (Å²) < 4.78 is 1.56. The van der Waals surface area contributed by atoms with E-state index in [1.165, 1.54) is 13.1 Å². The van der Waals surface area contributed by atoms with E-state index < -0.39 is 17.9 Å². The summed E-state index contributed by atoms with van der Waals surface area (Å²) in [5.41, 5.74) is 1.74. The Balaban J connectivity index is 1.93. The van der Waals surface area contributed by atoms with Crippen molar-refractivity contribution >= 4 is 22.8 Å². The molecule has 1 aromatic carbocycles. The van der Waals surface area contributed by atoms with Gasteiger partial charge in [-0.25, -0.2) is 9.67 Å². The first kappa shape index (κ1) is 15.7. The van der Waals surface area contributed by atoms with Gasteiger partial charge in [0.2, 0.25) is 0 Å². The second-order valence-electron chi connectivity index (χ2n) is 5.45. The Bertz CT molecular complexity index is 932. The van der Waals surface area contributed by atoms with Gasteiger partial charge in [-0.05, 0) is 32.0 Å². The Morgan fingerprint density at radius 2 is 1.96 bits per heavy atom. The highest BCUT2D eigenvalue weighted by atomic mass is 16.4. The number of nitrogens with one attached hydrogen (secondary N) is 1. The van der Waals surface area contributed by atoms with Crippen molar-refractivity contribution in [3.8, 4) is 5.82 Å². The van der Waals surface area contributed by atoms with Gasteiger partial charge in [-0.3, -0.25) is 9.59 Å². The Morgan fingerprint density at radius 3 is 2.71 bits per heavy atom. The summed E-state index contributed by atoms with van der Waals surface area (Å²) in [4.78, 5) is 27.6. The van der Waals surface area contributed by atoms with Crippen molar-refractivity contribution in [2.75, 3.05) is 0 Å². The second-order valence-corrected chi connectivity index (χ2v) is 5.45. The van der Waals surface area contributed by atoms with Gasteiger partial charge in [0.1, 0.15) is 6.04 Å². The number of carbonyl (C=O) groups excluding carboxylic acids is 1. The number of aromatic nitrogens is 3.